The van der Waals surface area contributed by atoms with Crippen molar-refractivity contribution in [3.8, 4) is 0 Å². The quantitative estimate of drug-likeness (QED) is 0.619. The standard InChI is InChI=1S/C20H26N6OS/c1-12-7-16(8-13(2)23-12)25-20-22-10-17(19-21-5-6-28-19)18(26-20)24-15-4-3-14(9-15)11-27/h5-8,14-15,24,27H,3-4,9-11H2,1-2H3,(H2,22,23,25,26). The van der Waals surface area contributed by atoms with Crippen LogP contribution in [0, 0.1) is 19.8 Å². The van der Waals surface area contributed by atoms with E-state index in [2.05, 4.69) is 30.9 Å². The third-order valence-electron chi connectivity index (χ3n) is 5.12. The molecule has 0 amide bonds. The van der Waals surface area contributed by atoms with Gasteiger partial charge < -0.3 is 21.1 Å². The number of anilines is 1. The number of aliphatic imine (C=N–C) groups is 1. The number of guanidine groups is 1. The third kappa shape index (κ3) is 4.34. The average molecular weight is 399 g/mol. The molecule has 1 saturated carbocycles. The molecule has 1 fully saturated rings. The number of nitrogens with one attached hydrogen (secondary N) is 3. The summed E-state index contributed by atoms with van der Waals surface area (Å²) in [6, 6.07) is 4.36. The van der Waals surface area contributed by atoms with Crippen LogP contribution in [-0.2, 0) is 0 Å². The van der Waals surface area contributed by atoms with Crippen molar-refractivity contribution in [2.24, 2.45) is 10.9 Å². The summed E-state index contributed by atoms with van der Waals surface area (Å²) in [6.07, 6.45) is 4.92. The van der Waals surface area contributed by atoms with E-state index in [1.54, 1.807) is 11.3 Å². The minimum absolute atomic E-state index is 0.263. The van der Waals surface area contributed by atoms with Crippen LogP contribution in [0.1, 0.15) is 35.7 Å². The Morgan fingerprint density at radius 1 is 1.25 bits per heavy atom. The first kappa shape index (κ1) is 18.9. The first-order valence-corrected chi connectivity index (χ1v) is 10.5. The average Bonchev–Trinajstić information content (AvgIpc) is 3.33. The summed E-state index contributed by atoms with van der Waals surface area (Å²) < 4.78 is 0. The van der Waals surface area contributed by atoms with E-state index in [0.717, 1.165) is 52.7 Å². The Hall–Kier alpha value is -2.45. The van der Waals surface area contributed by atoms with E-state index in [-0.39, 0.29) is 6.61 Å². The van der Waals surface area contributed by atoms with Crippen LogP contribution in [-0.4, -0.2) is 40.2 Å². The lowest BCUT2D eigenvalue weighted by molar-refractivity contribution is 0.228. The van der Waals surface area contributed by atoms with Gasteiger partial charge in [0, 0.05) is 46.9 Å². The Kier molecular flexibility index (Phi) is 5.59. The normalized spacial score (nSPS) is 22.0. The van der Waals surface area contributed by atoms with E-state index >= 15 is 0 Å². The van der Waals surface area contributed by atoms with E-state index in [0.29, 0.717) is 24.5 Å². The molecule has 8 heteroatoms. The minimum Gasteiger partial charge on any atom is -0.396 e. The van der Waals surface area contributed by atoms with Crippen molar-refractivity contribution >= 4 is 28.6 Å². The van der Waals surface area contributed by atoms with Gasteiger partial charge in [0.1, 0.15) is 10.8 Å². The van der Waals surface area contributed by atoms with Gasteiger partial charge in [-0.25, -0.2) is 9.98 Å². The summed E-state index contributed by atoms with van der Waals surface area (Å²) >= 11 is 1.62. The lowest BCUT2D eigenvalue weighted by Gasteiger charge is -2.26. The number of aliphatic hydroxyl groups excluding tert-OH is 1. The molecule has 148 valence electrons. The number of aliphatic hydroxyl groups is 1. The molecule has 1 aliphatic carbocycles. The number of pyridine rings is 1. The highest BCUT2D eigenvalue weighted by atomic mass is 32.1. The fourth-order valence-electron chi connectivity index (χ4n) is 3.83. The highest BCUT2D eigenvalue weighted by Gasteiger charge is 2.27. The second-order valence-electron chi connectivity index (χ2n) is 7.45. The number of thiazole rings is 1. The van der Waals surface area contributed by atoms with E-state index in [9.17, 15) is 5.11 Å². The van der Waals surface area contributed by atoms with Gasteiger partial charge in [-0.15, -0.1) is 11.3 Å². The zero-order chi connectivity index (χ0) is 19.5. The molecule has 0 bridgehead atoms. The van der Waals surface area contributed by atoms with Crippen molar-refractivity contribution in [2.45, 2.75) is 39.2 Å². The molecule has 2 aliphatic rings. The van der Waals surface area contributed by atoms with Crippen LogP contribution >= 0.6 is 11.3 Å². The number of hydrogen-bond donors (Lipinski definition) is 4. The first-order chi connectivity index (χ1) is 13.6. The number of hydrogen-bond acceptors (Lipinski definition) is 8. The number of aromatic nitrogens is 2. The van der Waals surface area contributed by atoms with Crippen LogP contribution in [0.15, 0.2) is 34.5 Å². The van der Waals surface area contributed by atoms with Crippen LogP contribution < -0.4 is 16.0 Å². The molecule has 1 aliphatic heterocycles. The largest absolute Gasteiger partial charge is 0.396 e. The number of aryl methyl sites for hydroxylation is 2. The van der Waals surface area contributed by atoms with E-state index in [4.69, 9.17) is 0 Å². The first-order valence-electron chi connectivity index (χ1n) is 9.65. The molecule has 2 aromatic heterocycles. The molecule has 28 heavy (non-hydrogen) atoms. The van der Waals surface area contributed by atoms with Crippen molar-refractivity contribution < 1.29 is 5.11 Å². The molecule has 3 heterocycles. The van der Waals surface area contributed by atoms with Crippen molar-refractivity contribution in [1.29, 1.82) is 0 Å². The van der Waals surface area contributed by atoms with Crippen molar-refractivity contribution in [3.05, 3.63) is 45.9 Å². The summed E-state index contributed by atoms with van der Waals surface area (Å²) in [5, 5.41) is 22.9. The Morgan fingerprint density at radius 3 is 2.75 bits per heavy atom. The lowest BCUT2D eigenvalue weighted by Crippen LogP contribution is -2.42. The number of rotatable bonds is 5. The van der Waals surface area contributed by atoms with Crippen LogP contribution in [0.5, 0.6) is 0 Å². The molecule has 7 nitrogen and oxygen atoms in total. The molecule has 2 atom stereocenters. The van der Waals surface area contributed by atoms with Crippen LogP contribution in [0.3, 0.4) is 0 Å². The zero-order valence-electron chi connectivity index (χ0n) is 16.2. The molecule has 4 rings (SSSR count). The van der Waals surface area contributed by atoms with Gasteiger partial charge in [-0.3, -0.25) is 4.98 Å². The zero-order valence-corrected chi connectivity index (χ0v) is 17.0. The smallest absolute Gasteiger partial charge is 0.201 e. The SMILES string of the molecule is Cc1cc(NC2=NCC(c3nccs3)=C(NC3CCC(CO)C3)N2)cc(C)n1. The van der Waals surface area contributed by atoms with Crippen LogP contribution in [0.4, 0.5) is 5.69 Å². The lowest BCUT2D eigenvalue weighted by atomic mass is 10.1. The highest BCUT2D eigenvalue weighted by Crippen LogP contribution is 2.28. The Labute approximate surface area is 169 Å². The van der Waals surface area contributed by atoms with Crippen molar-refractivity contribution in [1.82, 2.24) is 20.6 Å². The van der Waals surface area contributed by atoms with Crippen molar-refractivity contribution in [2.75, 3.05) is 18.5 Å². The molecule has 2 unspecified atom stereocenters. The summed E-state index contributed by atoms with van der Waals surface area (Å²) in [5.74, 6) is 2.06. The van der Waals surface area contributed by atoms with Crippen molar-refractivity contribution in [3.63, 3.8) is 0 Å². The van der Waals surface area contributed by atoms with Crippen LogP contribution in [0.25, 0.3) is 5.57 Å². The monoisotopic (exact) mass is 398 g/mol. The maximum Gasteiger partial charge on any atom is 0.201 e. The van der Waals surface area contributed by atoms with E-state index in [1.165, 1.54) is 0 Å². The fraction of sp³-hybridized carbons (Fsp3) is 0.450. The predicted octanol–water partition coefficient (Wildman–Crippen LogP) is 2.65. The Balaban J connectivity index is 1.52. The highest BCUT2D eigenvalue weighted by molar-refractivity contribution is 7.10. The van der Waals surface area contributed by atoms with Gasteiger partial charge in [-0.2, -0.15) is 0 Å². The molecular weight excluding hydrogens is 372 g/mol. The van der Waals surface area contributed by atoms with Gasteiger partial charge in [-0.1, -0.05) is 0 Å². The van der Waals surface area contributed by atoms with Gasteiger partial charge in [-0.05, 0) is 51.2 Å². The molecule has 4 N–H and O–H groups in total. The molecule has 0 spiro atoms. The third-order valence-corrected chi connectivity index (χ3v) is 5.96. The maximum atomic E-state index is 9.44. The van der Waals surface area contributed by atoms with E-state index in [1.807, 2.05) is 37.6 Å². The fourth-order valence-corrected chi connectivity index (χ4v) is 4.51. The van der Waals surface area contributed by atoms with Gasteiger partial charge in [0.25, 0.3) is 0 Å². The summed E-state index contributed by atoms with van der Waals surface area (Å²) in [6.45, 7) is 4.79. The summed E-state index contributed by atoms with van der Waals surface area (Å²) in [4.78, 5) is 13.6. The second-order valence-corrected chi connectivity index (χ2v) is 8.34. The van der Waals surface area contributed by atoms with Crippen LogP contribution in [0.2, 0.25) is 0 Å². The molecule has 2 aromatic rings. The maximum absolute atomic E-state index is 9.44. The van der Waals surface area contributed by atoms with Gasteiger partial charge in [0.15, 0.2) is 0 Å². The summed E-state index contributed by atoms with van der Waals surface area (Å²) in [5.41, 5.74) is 3.99. The van der Waals surface area contributed by atoms with Gasteiger partial charge >= 0.3 is 0 Å². The Bertz CT molecular complexity index is 872. The Morgan fingerprint density at radius 2 is 2.07 bits per heavy atom. The predicted molar refractivity (Wildman–Crippen MR) is 113 cm³/mol. The molecule has 0 aromatic carbocycles. The van der Waals surface area contributed by atoms with Gasteiger partial charge in [0.2, 0.25) is 5.96 Å². The second kappa shape index (κ2) is 8.28. The minimum atomic E-state index is 0.263. The summed E-state index contributed by atoms with van der Waals surface area (Å²) in [7, 11) is 0. The molecular formula is C20H26N6OS. The molecule has 0 saturated heterocycles. The molecule has 0 radical (unpaired) electrons. The van der Waals surface area contributed by atoms with E-state index < -0.39 is 0 Å². The topological polar surface area (TPSA) is 94.5 Å². The van der Waals surface area contributed by atoms with Gasteiger partial charge in [0.05, 0.1) is 6.54 Å². The number of nitrogens with zero attached hydrogens (tertiary/aromatic N) is 3.